The molecule has 0 unspecified atom stereocenters. The van der Waals surface area contributed by atoms with E-state index in [-0.39, 0.29) is 5.69 Å². The summed E-state index contributed by atoms with van der Waals surface area (Å²) in [5, 5.41) is 17.1. The Bertz CT molecular complexity index is 444. The molecule has 1 aromatic heterocycles. The molecule has 1 heterocycles. The maximum atomic E-state index is 10.7. The van der Waals surface area contributed by atoms with Crippen LogP contribution in [0.15, 0.2) is 18.3 Å². The highest BCUT2D eigenvalue weighted by Gasteiger charge is 2.07. The molecule has 0 radical (unpaired) electrons. The number of rotatable bonds is 3. The van der Waals surface area contributed by atoms with Crippen LogP contribution in [0.3, 0.4) is 0 Å². The standard InChI is InChI=1S/C11H10N2O2/c1-8-6-9(4-2-3-5-12)7-13-10(8)11(14)15/h2,4,6-7H,3H2,1H3,(H,14,15). The average molecular weight is 202 g/mol. The second-order valence-corrected chi connectivity index (χ2v) is 3.00. The van der Waals surface area contributed by atoms with Crippen molar-refractivity contribution in [1.29, 1.82) is 5.26 Å². The van der Waals surface area contributed by atoms with Crippen molar-refractivity contribution in [2.75, 3.05) is 0 Å². The van der Waals surface area contributed by atoms with E-state index in [0.29, 0.717) is 12.0 Å². The summed E-state index contributed by atoms with van der Waals surface area (Å²) in [5.74, 6) is -1.03. The van der Waals surface area contributed by atoms with Crippen molar-refractivity contribution in [3.63, 3.8) is 0 Å². The molecule has 0 aromatic carbocycles. The van der Waals surface area contributed by atoms with Gasteiger partial charge in [-0.1, -0.05) is 12.2 Å². The number of aryl methyl sites for hydroxylation is 1. The number of nitriles is 1. The molecule has 4 heteroatoms. The van der Waals surface area contributed by atoms with Gasteiger partial charge in [-0.2, -0.15) is 5.26 Å². The predicted molar refractivity (Wildman–Crippen MR) is 55.2 cm³/mol. The van der Waals surface area contributed by atoms with Gasteiger partial charge in [0.25, 0.3) is 0 Å². The fourth-order valence-corrected chi connectivity index (χ4v) is 1.16. The summed E-state index contributed by atoms with van der Waals surface area (Å²) in [7, 11) is 0. The minimum atomic E-state index is -1.03. The zero-order chi connectivity index (χ0) is 11.3. The maximum absolute atomic E-state index is 10.7. The van der Waals surface area contributed by atoms with Gasteiger partial charge < -0.3 is 5.11 Å². The Labute approximate surface area is 87.5 Å². The van der Waals surface area contributed by atoms with E-state index < -0.39 is 5.97 Å². The number of nitrogens with zero attached hydrogens (tertiary/aromatic N) is 2. The fraction of sp³-hybridized carbons (Fsp3) is 0.182. The van der Waals surface area contributed by atoms with Crippen LogP contribution in [0.25, 0.3) is 6.08 Å². The van der Waals surface area contributed by atoms with E-state index in [4.69, 9.17) is 10.4 Å². The molecule has 15 heavy (non-hydrogen) atoms. The van der Waals surface area contributed by atoms with Gasteiger partial charge in [0.1, 0.15) is 0 Å². The van der Waals surface area contributed by atoms with Crippen molar-refractivity contribution in [3.8, 4) is 6.07 Å². The van der Waals surface area contributed by atoms with Crippen molar-refractivity contribution in [1.82, 2.24) is 4.98 Å². The Kier molecular flexibility index (Phi) is 3.58. The molecular formula is C11H10N2O2. The number of pyridine rings is 1. The van der Waals surface area contributed by atoms with Gasteiger partial charge in [-0.3, -0.25) is 0 Å². The first kappa shape index (κ1) is 10.9. The summed E-state index contributed by atoms with van der Waals surface area (Å²) in [6.45, 7) is 1.69. The largest absolute Gasteiger partial charge is 0.477 e. The number of aromatic nitrogens is 1. The van der Waals surface area contributed by atoms with Crippen LogP contribution < -0.4 is 0 Å². The third-order valence-corrected chi connectivity index (χ3v) is 1.82. The van der Waals surface area contributed by atoms with Crippen LogP contribution in [0.1, 0.15) is 28.0 Å². The predicted octanol–water partition coefficient (Wildman–Crippen LogP) is 2.02. The van der Waals surface area contributed by atoms with Gasteiger partial charge in [0.05, 0.1) is 12.5 Å². The van der Waals surface area contributed by atoms with Gasteiger partial charge in [-0.25, -0.2) is 9.78 Å². The highest BCUT2D eigenvalue weighted by atomic mass is 16.4. The lowest BCUT2D eigenvalue weighted by Gasteiger charge is -2.00. The number of carbonyl (C=O) groups is 1. The summed E-state index contributed by atoms with van der Waals surface area (Å²) < 4.78 is 0. The van der Waals surface area contributed by atoms with Gasteiger partial charge >= 0.3 is 5.97 Å². The molecule has 0 aliphatic rings. The highest BCUT2D eigenvalue weighted by molar-refractivity contribution is 5.87. The molecule has 0 amide bonds. The zero-order valence-electron chi connectivity index (χ0n) is 8.27. The lowest BCUT2D eigenvalue weighted by atomic mass is 10.1. The molecule has 4 nitrogen and oxygen atoms in total. The Morgan fingerprint density at radius 2 is 2.47 bits per heavy atom. The number of aromatic carboxylic acids is 1. The lowest BCUT2D eigenvalue weighted by molar-refractivity contribution is 0.0689. The van der Waals surface area contributed by atoms with Crippen molar-refractivity contribution in [2.45, 2.75) is 13.3 Å². The molecule has 0 aliphatic heterocycles. The highest BCUT2D eigenvalue weighted by Crippen LogP contribution is 2.09. The van der Waals surface area contributed by atoms with Gasteiger partial charge in [0.15, 0.2) is 5.69 Å². The van der Waals surface area contributed by atoms with Crippen molar-refractivity contribution < 1.29 is 9.90 Å². The SMILES string of the molecule is Cc1cc(C=CCC#N)cnc1C(=O)O. The third-order valence-electron chi connectivity index (χ3n) is 1.82. The van der Waals surface area contributed by atoms with E-state index in [1.54, 1.807) is 25.1 Å². The molecule has 0 atom stereocenters. The van der Waals surface area contributed by atoms with Crippen LogP contribution in [-0.2, 0) is 0 Å². The summed E-state index contributed by atoms with van der Waals surface area (Å²) in [6.07, 6.45) is 5.26. The number of hydrogen-bond acceptors (Lipinski definition) is 3. The first-order chi connectivity index (χ1) is 7.15. The summed E-state index contributed by atoms with van der Waals surface area (Å²) in [6, 6.07) is 3.71. The molecule has 1 rings (SSSR count). The van der Waals surface area contributed by atoms with Crippen molar-refractivity contribution >= 4 is 12.0 Å². The van der Waals surface area contributed by atoms with Crippen molar-refractivity contribution in [3.05, 3.63) is 35.2 Å². The quantitative estimate of drug-likeness (QED) is 0.813. The fourth-order valence-electron chi connectivity index (χ4n) is 1.16. The Balaban J connectivity index is 2.93. The minimum Gasteiger partial charge on any atom is -0.477 e. The van der Waals surface area contributed by atoms with E-state index in [1.807, 2.05) is 6.07 Å². The Morgan fingerprint density at radius 1 is 1.73 bits per heavy atom. The summed E-state index contributed by atoms with van der Waals surface area (Å²) in [4.78, 5) is 14.5. The normalized spacial score (nSPS) is 10.1. The minimum absolute atomic E-state index is 0.0624. The molecule has 0 spiro atoms. The third kappa shape index (κ3) is 2.92. The topological polar surface area (TPSA) is 74.0 Å². The second kappa shape index (κ2) is 4.91. The lowest BCUT2D eigenvalue weighted by Crippen LogP contribution is -2.03. The number of hydrogen-bond donors (Lipinski definition) is 1. The summed E-state index contributed by atoms with van der Waals surface area (Å²) >= 11 is 0. The van der Waals surface area contributed by atoms with E-state index in [2.05, 4.69) is 4.98 Å². The Hall–Kier alpha value is -2.15. The van der Waals surface area contributed by atoms with Gasteiger partial charge in [-0.15, -0.1) is 0 Å². The van der Waals surface area contributed by atoms with Crippen LogP contribution in [-0.4, -0.2) is 16.1 Å². The number of carboxylic acids is 1. The van der Waals surface area contributed by atoms with Crippen LogP contribution in [0.5, 0.6) is 0 Å². The van der Waals surface area contributed by atoms with Gasteiger partial charge in [0, 0.05) is 6.20 Å². The monoisotopic (exact) mass is 202 g/mol. The zero-order valence-corrected chi connectivity index (χ0v) is 8.27. The van der Waals surface area contributed by atoms with E-state index in [1.165, 1.54) is 6.20 Å². The van der Waals surface area contributed by atoms with Gasteiger partial charge in [-0.05, 0) is 24.1 Å². The molecule has 76 valence electrons. The first-order valence-electron chi connectivity index (χ1n) is 4.38. The van der Waals surface area contributed by atoms with E-state index in [0.717, 1.165) is 5.56 Å². The summed E-state index contributed by atoms with van der Waals surface area (Å²) in [5.41, 5.74) is 1.47. The number of carboxylic acid groups (broad SMARTS) is 1. The molecule has 1 N–H and O–H groups in total. The average Bonchev–Trinajstić information content (AvgIpc) is 2.17. The van der Waals surface area contributed by atoms with Crippen LogP contribution in [0.4, 0.5) is 0 Å². The first-order valence-corrected chi connectivity index (χ1v) is 4.38. The molecular weight excluding hydrogens is 192 g/mol. The Morgan fingerprint density at radius 3 is 3.00 bits per heavy atom. The van der Waals surface area contributed by atoms with Crippen LogP contribution >= 0.6 is 0 Å². The van der Waals surface area contributed by atoms with E-state index >= 15 is 0 Å². The molecule has 0 fully saturated rings. The molecule has 0 aliphatic carbocycles. The smallest absolute Gasteiger partial charge is 0.354 e. The van der Waals surface area contributed by atoms with E-state index in [9.17, 15) is 4.79 Å². The number of allylic oxidation sites excluding steroid dienone is 1. The van der Waals surface area contributed by atoms with Crippen molar-refractivity contribution in [2.24, 2.45) is 0 Å². The molecule has 0 saturated heterocycles. The van der Waals surface area contributed by atoms with Gasteiger partial charge in [0.2, 0.25) is 0 Å². The maximum Gasteiger partial charge on any atom is 0.354 e. The molecule has 1 aromatic rings. The second-order valence-electron chi connectivity index (χ2n) is 3.00. The van der Waals surface area contributed by atoms with Crippen LogP contribution in [0, 0.1) is 18.3 Å². The molecule has 0 bridgehead atoms. The molecule has 0 saturated carbocycles. The van der Waals surface area contributed by atoms with Crippen LogP contribution in [0.2, 0.25) is 0 Å².